The van der Waals surface area contributed by atoms with Crippen LogP contribution in [0.3, 0.4) is 0 Å². The predicted octanol–water partition coefficient (Wildman–Crippen LogP) is 0.792. The fraction of sp³-hybridized carbons (Fsp3) is 0.111. The molecule has 0 radical (unpaired) electrons. The van der Waals surface area contributed by atoms with Crippen LogP contribution < -0.4 is 4.74 Å². The summed E-state index contributed by atoms with van der Waals surface area (Å²) in [6.07, 6.45) is 6.17. The van der Waals surface area contributed by atoms with Gasteiger partial charge in [0.15, 0.2) is 6.61 Å². The highest BCUT2D eigenvalue weighted by Crippen LogP contribution is 2.06. The molecular weight excluding hydrogens is 170 g/mol. The molecule has 1 aromatic rings. The van der Waals surface area contributed by atoms with Crippen LogP contribution in [0.1, 0.15) is 10.4 Å². The van der Waals surface area contributed by atoms with Gasteiger partial charge in [-0.15, -0.1) is 6.42 Å². The van der Waals surface area contributed by atoms with Crippen LogP contribution in [-0.4, -0.2) is 22.7 Å². The molecule has 0 aliphatic carbocycles. The molecular formula is C9H7NO3. The minimum Gasteiger partial charge on any atom is -0.478 e. The van der Waals surface area contributed by atoms with Gasteiger partial charge in [-0.2, -0.15) is 0 Å². The van der Waals surface area contributed by atoms with Gasteiger partial charge in [-0.25, -0.2) is 9.78 Å². The lowest BCUT2D eigenvalue weighted by atomic mass is 10.3. The van der Waals surface area contributed by atoms with Gasteiger partial charge in [0.05, 0.1) is 5.56 Å². The van der Waals surface area contributed by atoms with Crippen LogP contribution in [0.5, 0.6) is 5.88 Å². The van der Waals surface area contributed by atoms with Gasteiger partial charge in [0, 0.05) is 12.3 Å². The van der Waals surface area contributed by atoms with Gasteiger partial charge < -0.3 is 9.84 Å². The number of aromatic nitrogens is 1. The second-order valence-electron chi connectivity index (χ2n) is 2.18. The molecule has 0 unspecified atom stereocenters. The normalized spacial score (nSPS) is 8.85. The molecule has 13 heavy (non-hydrogen) atoms. The second-order valence-corrected chi connectivity index (χ2v) is 2.18. The molecule has 0 fully saturated rings. The summed E-state index contributed by atoms with van der Waals surface area (Å²) in [5, 5.41) is 8.54. The van der Waals surface area contributed by atoms with Crippen molar-refractivity contribution in [1.29, 1.82) is 0 Å². The Bertz CT molecular complexity index is 337. The lowest BCUT2D eigenvalue weighted by Gasteiger charge is -1.99. The van der Waals surface area contributed by atoms with E-state index in [4.69, 9.17) is 16.3 Å². The van der Waals surface area contributed by atoms with E-state index in [1.165, 1.54) is 18.3 Å². The Morgan fingerprint density at radius 3 is 2.92 bits per heavy atom. The number of hydrogen-bond donors (Lipinski definition) is 1. The highest BCUT2D eigenvalue weighted by Gasteiger charge is 2.02. The Hall–Kier alpha value is -2.02. The number of carboxylic acids is 1. The van der Waals surface area contributed by atoms with Gasteiger partial charge in [0.2, 0.25) is 5.88 Å². The van der Waals surface area contributed by atoms with Crippen molar-refractivity contribution in [2.75, 3.05) is 6.61 Å². The summed E-state index contributed by atoms with van der Waals surface area (Å²) in [4.78, 5) is 14.2. The number of terminal acetylenes is 1. The monoisotopic (exact) mass is 177 g/mol. The standard InChI is InChI=1S/C9H7NO3/c1-2-5-13-8-4-3-7(6-10-8)9(11)12/h1,3-4,6H,5H2,(H,11,12). The third kappa shape index (κ3) is 2.49. The highest BCUT2D eigenvalue weighted by atomic mass is 16.5. The maximum Gasteiger partial charge on any atom is 0.337 e. The van der Waals surface area contributed by atoms with E-state index >= 15 is 0 Å². The number of pyridine rings is 1. The molecule has 0 aliphatic rings. The average Bonchev–Trinajstić information content (AvgIpc) is 2.15. The minimum atomic E-state index is -1.02. The van der Waals surface area contributed by atoms with Crippen LogP contribution in [-0.2, 0) is 0 Å². The molecule has 66 valence electrons. The van der Waals surface area contributed by atoms with E-state index in [9.17, 15) is 4.79 Å². The smallest absolute Gasteiger partial charge is 0.337 e. The quantitative estimate of drug-likeness (QED) is 0.693. The fourth-order valence-electron chi connectivity index (χ4n) is 0.708. The summed E-state index contributed by atoms with van der Waals surface area (Å²) in [7, 11) is 0. The van der Waals surface area contributed by atoms with E-state index in [0.717, 1.165) is 0 Å². The van der Waals surface area contributed by atoms with Crippen LogP contribution in [0, 0.1) is 12.3 Å². The van der Waals surface area contributed by atoms with Crippen LogP contribution in [0.25, 0.3) is 0 Å². The van der Waals surface area contributed by atoms with E-state index in [1.807, 2.05) is 0 Å². The van der Waals surface area contributed by atoms with Crippen molar-refractivity contribution in [3.63, 3.8) is 0 Å². The molecule has 0 amide bonds. The average molecular weight is 177 g/mol. The maximum atomic E-state index is 10.4. The Morgan fingerprint density at radius 1 is 1.69 bits per heavy atom. The maximum absolute atomic E-state index is 10.4. The summed E-state index contributed by atoms with van der Waals surface area (Å²) in [5.74, 6) is 1.58. The zero-order chi connectivity index (χ0) is 9.68. The van der Waals surface area contributed by atoms with Gasteiger partial charge in [-0.3, -0.25) is 0 Å². The summed E-state index contributed by atoms with van der Waals surface area (Å²) in [6, 6.07) is 2.86. The van der Waals surface area contributed by atoms with Crippen LogP contribution in [0.2, 0.25) is 0 Å². The number of ether oxygens (including phenoxy) is 1. The van der Waals surface area contributed by atoms with Gasteiger partial charge in [-0.1, -0.05) is 5.92 Å². The number of aromatic carboxylic acids is 1. The number of hydrogen-bond acceptors (Lipinski definition) is 3. The molecule has 1 N–H and O–H groups in total. The molecule has 0 aromatic carbocycles. The Balaban J connectivity index is 2.71. The zero-order valence-corrected chi connectivity index (χ0v) is 6.73. The van der Waals surface area contributed by atoms with E-state index in [-0.39, 0.29) is 12.2 Å². The first-order valence-electron chi connectivity index (χ1n) is 3.49. The molecule has 0 saturated heterocycles. The second kappa shape index (κ2) is 4.12. The van der Waals surface area contributed by atoms with Crippen molar-refractivity contribution < 1.29 is 14.6 Å². The molecule has 0 atom stereocenters. The van der Waals surface area contributed by atoms with Gasteiger partial charge >= 0.3 is 5.97 Å². The Kier molecular flexibility index (Phi) is 2.87. The van der Waals surface area contributed by atoms with Gasteiger partial charge in [-0.05, 0) is 6.07 Å². The lowest BCUT2D eigenvalue weighted by Crippen LogP contribution is -1.99. The first kappa shape index (κ1) is 9.07. The summed E-state index contributed by atoms with van der Waals surface area (Å²) in [5.41, 5.74) is 0.119. The van der Waals surface area contributed by atoms with Crippen LogP contribution >= 0.6 is 0 Å². The molecule has 1 rings (SSSR count). The zero-order valence-electron chi connectivity index (χ0n) is 6.73. The molecule has 1 aromatic heterocycles. The van der Waals surface area contributed by atoms with Crippen LogP contribution in [0.4, 0.5) is 0 Å². The van der Waals surface area contributed by atoms with Gasteiger partial charge in [0.1, 0.15) is 0 Å². The van der Waals surface area contributed by atoms with E-state index in [2.05, 4.69) is 10.9 Å². The summed E-state index contributed by atoms with van der Waals surface area (Å²) < 4.78 is 4.95. The highest BCUT2D eigenvalue weighted by molar-refractivity contribution is 5.87. The van der Waals surface area contributed by atoms with Gasteiger partial charge in [0.25, 0.3) is 0 Å². The first-order valence-corrected chi connectivity index (χ1v) is 3.49. The lowest BCUT2D eigenvalue weighted by molar-refractivity contribution is 0.0696. The van der Waals surface area contributed by atoms with Crippen LogP contribution in [0.15, 0.2) is 18.3 Å². The number of carbonyl (C=O) groups is 1. The van der Waals surface area contributed by atoms with Crippen molar-refractivity contribution in [2.24, 2.45) is 0 Å². The molecule has 0 saturated carbocycles. The largest absolute Gasteiger partial charge is 0.478 e. The van der Waals surface area contributed by atoms with Crippen molar-refractivity contribution in [3.8, 4) is 18.2 Å². The Morgan fingerprint density at radius 2 is 2.46 bits per heavy atom. The molecule has 4 nitrogen and oxygen atoms in total. The summed E-state index contributed by atoms with van der Waals surface area (Å²) >= 11 is 0. The molecule has 1 heterocycles. The van der Waals surface area contributed by atoms with Crippen molar-refractivity contribution in [1.82, 2.24) is 4.98 Å². The number of nitrogens with zero attached hydrogens (tertiary/aromatic N) is 1. The molecule has 4 heteroatoms. The van der Waals surface area contributed by atoms with Crippen molar-refractivity contribution in [3.05, 3.63) is 23.9 Å². The number of rotatable bonds is 3. The minimum absolute atomic E-state index is 0.119. The number of carboxylic acid groups (broad SMARTS) is 1. The third-order valence-electron chi connectivity index (χ3n) is 1.29. The van der Waals surface area contributed by atoms with E-state index < -0.39 is 5.97 Å². The fourth-order valence-corrected chi connectivity index (χ4v) is 0.708. The third-order valence-corrected chi connectivity index (χ3v) is 1.29. The molecule has 0 aliphatic heterocycles. The first-order chi connectivity index (χ1) is 6.24. The Labute approximate surface area is 75.2 Å². The van der Waals surface area contributed by atoms with E-state index in [0.29, 0.717) is 5.88 Å². The topological polar surface area (TPSA) is 59.4 Å². The van der Waals surface area contributed by atoms with Crippen molar-refractivity contribution >= 4 is 5.97 Å². The molecule has 0 bridgehead atoms. The van der Waals surface area contributed by atoms with E-state index in [1.54, 1.807) is 0 Å². The SMILES string of the molecule is C#CCOc1ccc(C(=O)O)cn1. The summed E-state index contributed by atoms with van der Waals surface area (Å²) in [6.45, 7) is 0.124. The molecule has 0 spiro atoms. The predicted molar refractivity (Wildman–Crippen MR) is 45.5 cm³/mol. The van der Waals surface area contributed by atoms with Crippen molar-refractivity contribution in [2.45, 2.75) is 0 Å².